The van der Waals surface area contributed by atoms with Gasteiger partial charge in [0.05, 0.1) is 17.1 Å². The molecule has 0 saturated carbocycles. The van der Waals surface area contributed by atoms with Crippen LogP contribution >= 0.6 is 36.2 Å². The zero-order valence-corrected chi connectivity index (χ0v) is 16.6. The maximum Gasteiger partial charge on any atom is 0.228 e. The second kappa shape index (κ2) is 10.7. The number of aromatic nitrogens is 1. The normalized spacial score (nSPS) is 16.2. The van der Waals surface area contributed by atoms with E-state index in [9.17, 15) is 4.79 Å². The Labute approximate surface area is 165 Å². The second-order valence-electron chi connectivity index (χ2n) is 6.03. The van der Waals surface area contributed by atoms with Gasteiger partial charge < -0.3 is 10.6 Å². The molecule has 138 valence electrons. The molecule has 0 radical (unpaired) electrons. The van der Waals surface area contributed by atoms with Crippen LogP contribution in [0, 0.1) is 5.92 Å². The number of anilines is 1. The predicted octanol–water partition coefficient (Wildman–Crippen LogP) is 3.17. The average Bonchev–Trinajstić information content (AvgIpc) is 3.20. The fourth-order valence-corrected chi connectivity index (χ4v) is 3.38. The molecule has 3 rings (SSSR count). The third kappa shape index (κ3) is 6.56. The highest BCUT2D eigenvalue weighted by atomic mass is 35.5. The van der Waals surface area contributed by atoms with Crippen molar-refractivity contribution in [1.29, 1.82) is 0 Å². The fraction of sp³-hybridized carbons (Fsp3) is 0.412. The average molecular weight is 403 g/mol. The summed E-state index contributed by atoms with van der Waals surface area (Å²) in [5.74, 6) is 0.203. The number of benzene rings is 1. The first kappa shape index (κ1) is 21.9. The molecule has 25 heavy (non-hydrogen) atoms. The lowest BCUT2D eigenvalue weighted by molar-refractivity contribution is -0.119. The van der Waals surface area contributed by atoms with Gasteiger partial charge in [0.2, 0.25) is 5.91 Å². The van der Waals surface area contributed by atoms with E-state index in [-0.39, 0.29) is 36.6 Å². The Morgan fingerprint density at radius 2 is 2.24 bits per heavy atom. The lowest BCUT2D eigenvalue weighted by Gasteiger charge is -2.16. The monoisotopic (exact) mass is 402 g/mol. The molecule has 5 nitrogen and oxygen atoms in total. The largest absolute Gasteiger partial charge is 0.326 e. The first-order valence-electron chi connectivity index (χ1n) is 7.87. The molecule has 1 aromatic heterocycles. The Kier molecular flexibility index (Phi) is 9.38. The molecule has 0 bridgehead atoms. The van der Waals surface area contributed by atoms with Crippen LogP contribution in [-0.2, 0) is 17.9 Å². The SMILES string of the molecule is CN(Cc1cccc(NC(=O)C2CCNC2)c1)Cc1cscn1.Cl.Cl. The molecular weight excluding hydrogens is 379 g/mol. The number of halogens is 2. The summed E-state index contributed by atoms with van der Waals surface area (Å²) in [5, 5.41) is 8.33. The van der Waals surface area contributed by atoms with Gasteiger partial charge in [-0.2, -0.15) is 0 Å². The maximum absolute atomic E-state index is 12.2. The van der Waals surface area contributed by atoms with Crippen LogP contribution in [0.15, 0.2) is 35.2 Å². The molecule has 1 fully saturated rings. The summed E-state index contributed by atoms with van der Waals surface area (Å²) in [6.45, 7) is 3.36. The number of hydrogen-bond acceptors (Lipinski definition) is 5. The van der Waals surface area contributed by atoms with E-state index in [1.54, 1.807) is 11.3 Å². The summed E-state index contributed by atoms with van der Waals surface area (Å²) in [6.07, 6.45) is 0.919. The molecule has 1 aliphatic heterocycles. The highest BCUT2D eigenvalue weighted by Crippen LogP contribution is 2.16. The third-order valence-electron chi connectivity index (χ3n) is 3.99. The fourth-order valence-electron chi connectivity index (χ4n) is 2.83. The minimum Gasteiger partial charge on any atom is -0.326 e. The van der Waals surface area contributed by atoms with Crippen molar-refractivity contribution in [1.82, 2.24) is 15.2 Å². The quantitative estimate of drug-likeness (QED) is 0.778. The van der Waals surface area contributed by atoms with E-state index < -0.39 is 0 Å². The zero-order chi connectivity index (χ0) is 16.1. The van der Waals surface area contributed by atoms with Crippen molar-refractivity contribution in [3.8, 4) is 0 Å². The van der Waals surface area contributed by atoms with Crippen molar-refractivity contribution < 1.29 is 4.79 Å². The summed E-state index contributed by atoms with van der Waals surface area (Å²) in [6, 6.07) is 8.08. The molecule has 8 heteroatoms. The van der Waals surface area contributed by atoms with E-state index in [4.69, 9.17) is 0 Å². The van der Waals surface area contributed by atoms with E-state index in [2.05, 4.69) is 45.1 Å². The second-order valence-corrected chi connectivity index (χ2v) is 6.75. The van der Waals surface area contributed by atoms with E-state index in [0.29, 0.717) is 0 Å². The van der Waals surface area contributed by atoms with Gasteiger partial charge in [-0.3, -0.25) is 9.69 Å². The highest BCUT2D eigenvalue weighted by Gasteiger charge is 2.22. The van der Waals surface area contributed by atoms with E-state index in [1.165, 1.54) is 5.56 Å². The minimum atomic E-state index is 0. The Morgan fingerprint density at radius 3 is 2.92 bits per heavy atom. The van der Waals surface area contributed by atoms with Gasteiger partial charge in [-0.05, 0) is 37.7 Å². The topological polar surface area (TPSA) is 57.3 Å². The maximum atomic E-state index is 12.2. The molecule has 2 heterocycles. The predicted molar refractivity (Wildman–Crippen MR) is 108 cm³/mol. The van der Waals surface area contributed by atoms with Crippen molar-refractivity contribution in [2.75, 3.05) is 25.5 Å². The number of thiazole rings is 1. The number of carbonyl (C=O) groups is 1. The van der Waals surface area contributed by atoms with Crippen LogP contribution in [0.5, 0.6) is 0 Å². The molecule has 2 aromatic rings. The highest BCUT2D eigenvalue weighted by molar-refractivity contribution is 7.07. The Balaban J connectivity index is 0.00000156. The molecule has 1 saturated heterocycles. The summed E-state index contributed by atoms with van der Waals surface area (Å²) in [5.41, 5.74) is 5.01. The van der Waals surface area contributed by atoms with Gasteiger partial charge in [0.25, 0.3) is 0 Å². The lowest BCUT2D eigenvalue weighted by atomic mass is 10.1. The molecule has 1 amide bonds. The molecule has 1 unspecified atom stereocenters. The molecular formula is C17H24Cl2N4OS. The van der Waals surface area contributed by atoms with Crippen LogP contribution in [0.1, 0.15) is 17.7 Å². The van der Waals surface area contributed by atoms with Crippen molar-refractivity contribution in [3.05, 3.63) is 46.4 Å². The van der Waals surface area contributed by atoms with Gasteiger partial charge in [-0.1, -0.05) is 12.1 Å². The van der Waals surface area contributed by atoms with Gasteiger partial charge in [-0.25, -0.2) is 4.98 Å². The lowest BCUT2D eigenvalue weighted by Crippen LogP contribution is -2.24. The van der Waals surface area contributed by atoms with E-state index in [0.717, 1.165) is 44.0 Å². The van der Waals surface area contributed by atoms with Gasteiger partial charge in [0.1, 0.15) is 0 Å². The first-order chi connectivity index (χ1) is 11.2. The smallest absolute Gasteiger partial charge is 0.228 e. The van der Waals surface area contributed by atoms with Gasteiger partial charge in [0, 0.05) is 30.7 Å². The number of amides is 1. The van der Waals surface area contributed by atoms with Crippen LogP contribution in [-0.4, -0.2) is 35.9 Å². The molecule has 1 atom stereocenters. The molecule has 2 N–H and O–H groups in total. The van der Waals surface area contributed by atoms with Crippen LogP contribution in [0.4, 0.5) is 5.69 Å². The third-order valence-corrected chi connectivity index (χ3v) is 4.63. The first-order valence-corrected chi connectivity index (χ1v) is 8.81. The van der Waals surface area contributed by atoms with Crippen LogP contribution in [0.2, 0.25) is 0 Å². The number of rotatable bonds is 6. The van der Waals surface area contributed by atoms with Crippen molar-refractivity contribution in [3.63, 3.8) is 0 Å². The minimum absolute atomic E-state index is 0. The Morgan fingerprint density at radius 1 is 1.40 bits per heavy atom. The molecule has 0 spiro atoms. The van der Waals surface area contributed by atoms with Crippen LogP contribution in [0.25, 0.3) is 0 Å². The standard InChI is InChI=1S/C17H22N4OS.2ClH/c1-21(10-16-11-23-12-19-16)9-13-3-2-4-15(7-13)20-17(22)14-5-6-18-8-14;;/h2-4,7,11-12,14,18H,5-6,8-10H2,1H3,(H,20,22);2*1H. The van der Waals surface area contributed by atoms with Crippen molar-refractivity contribution >= 4 is 47.7 Å². The number of hydrogen-bond donors (Lipinski definition) is 2. The summed E-state index contributed by atoms with van der Waals surface area (Å²) < 4.78 is 0. The molecule has 1 aromatic carbocycles. The summed E-state index contributed by atoms with van der Waals surface area (Å²) >= 11 is 1.62. The summed E-state index contributed by atoms with van der Waals surface area (Å²) in [4.78, 5) is 18.7. The van der Waals surface area contributed by atoms with Crippen molar-refractivity contribution in [2.24, 2.45) is 5.92 Å². The molecule has 1 aliphatic rings. The number of nitrogens with zero attached hydrogens (tertiary/aromatic N) is 2. The van der Waals surface area contributed by atoms with E-state index in [1.807, 2.05) is 17.6 Å². The Hall–Kier alpha value is -1.18. The number of carbonyl (C=O) groups excluding carboxylic acids is 1. The Bertz CT molecular complexity index is 648. The van der Waals surface area contributed by atoms with Gasteiger partial charge >= 0.3 is 0 Å². The summed E-state index contributed by atoms with van der Waals surface area (Å²) in [7, 11) is 2.08. The molecule has 0 aliphatic carbocycles. The zero-order valence-electron chi connectivity index (χ0n) is 14.1. The number of nitrogens with one attached hydrogen (secondary N) is 2. The van der Waals surface area contributed by atoms with Crippen LogP contribution < -0.4 is 10.6 Å². The van der Waals surface area contributed by atoms with Gasteiger partial charge in [0.15, 0.2) is 0 Å². The van der Waals surface area contributed by atoms with Gasteiger partial charge in [-0.15, -0.1) is 36.2 Å². The van der Waals surface area contributed by atoms with E-state index >= 15 is 0 Å². The van der Waals surface area contributed by atoms with Crippen molar-refractivity contribution in [2.45, 2.75) is 19.5 Å². The van der Waals surface area contributed by atoms with Crippen LogP contribution in [0.3, 0.4) is 0 Å².